The van der Waals surface area contributed by atoms with E-state index in [0.717, 1.165) is 21.6 Å². The summed E-state index contributed by atoms with van der Waals surface area (Å²) in [7, 11) is -2.47. The van der Waals surface area contributed by atoms with E-state index in [1.54, 1.807) is 111 Å². The number of carboxylic acids is 1. The number of rotatable bonds is 17. The van der Waals surface area contributed by atoms with Gasteiger partial charge in [-0.05, 0) is 70.8 Å². The summed E-state index contributed by atoms with van der Waals surface area (Å²) in [6.07, 6.45) is 0.839. The molecule has 0 spiro atoms. The minimum Gasteiger partial charge on any atom is -0.497 e. The highest BCUT2D eigenvalue weighted by Gasteiger charge is 2.34. The lowest BCUT2D eigenvalue weighted by Gasteiger charge is -2.22. The van der Waals surface area contributed by atoms with E-state index in [4.69, 9.17) is 24.1 Å². The number of carbonyl (C=O) groups is 1. The Kier molecular flexibility index (Phi) is 14.4. The minimum absolute atomic E-state index is 0.0524. The molecular weight excluding hydrogens is 815 g/mol. The molecule has 6 rings (SSSR count). The number of hydrogen-bond donors (Lipinski definition) is 3. The van der Waals surface area contributed by atoms with E-state index in [1.165, 1.54) is 18.5 Å². The van der Waals surface area contributed by atoms with Gasteiger partial charge in [-0.1, -0.05) is 48.5 Å². The van der Waals surface area contributed by atoms with Gasteiger partial charge in [0.1, 0.15) is 23.0 Å². The van der Waals surface area contributed by atoms with Gasteiger partial charge in [-0.25, -0.2) is 30.4 Å². The SMILES string of the molecule is COc1ccc(CN(Cc2ccc(OC)cc2)S(=O)(=O)c2[nH]nc(C(=O)O)c2F)cc1.COc1ccc(CN(Cc2ccc(OC)cc2)S(=O)(=O)c2[nH]ncc2F)cc1. The van der Waals surface area contributed by atoms with Crippen molar-refractivity contribution in [3.63, 3.8) is 0 Å². The van der Waals surface area contributed by atoms with Crippen LogP contribution in [0.25, 0.3) is 0 Å². The maximum atomic E-state index is 14.5. The smallest absolute Gasteiger partial charge is 0.359 e. The molecule has 6 aromatic rings. The molecule has 4 aromatic carbocycles. The summed E-state index contributed by atoms with van der Waals surface area (Å²) < 4.78 is 104. The van der Waals surface area contributed by atoms with Gasteiger partial charge < -0.3 is 24.1 Å². The van der Waals surface area contributed by atoms with Gasteiger partial charge in [0, 0.05) is 26.2 Å². The van der Waals surface area contributed by atoms with Crippen molar-refractivity contribution in [1.29, 1.82) is 0 Å². The summed E-state index contributed by atoms with van der Waals surface area (Å²) in [6.45, 7) is -0.0912. The predicted molar refractivity (Wildman–Crippen MR) is 209 cm³/mol. The van der Waals surface area contributed by atoms with Crippen LogP contribution in [-0.4, -0.2) is 85.4 Å². The average molecular weight is 855 g/mol. The van der Waals surface area contributed by atoms with Crippen LogP contribution in [0.1, 0.15) is 32.7 Å². The van der Waals surface area contributed by atoms with Gasteiger partial charge in [0.15, 0.2) is 11.6 Å². The molecule has 2 aromatic heterocycles. The summed E-state index contributed by atoms with van der Waals surface area (Å²) >= 11 is 0. The third kappa shape index (κ3) is 10.8. The van der Waals surface area contributed by atoms with Crippen LogP contribution < -0.4 is 18.9 Å². The number of aromatic amines is 2. The number of H-pyrrole nitrogens is 2. The van der Waals surface area contributed by atoms with Gasteiger partial charge in [0.05, 0.1) is 34.6 Å². The van der Waals surface area contributed by atoms with Gasteiger partial charge in [-0.15, -0.1) is 0 Å². The standard InChI is InChI=1S/C20H20FN3O6S.C19H20FN3O4S/c1-29-15-7-3-13(4-8-15)11-24(12-14-5-9-16(30-2)10-6-14)31(27,28)19-17(21)18(20(25)26)22-23-19;1-26-16-7-3-14(4-8-16)12-23(13-15-5-9-17(27-2)10-6-15)28(24,25)19-18(20)11-21-22-19/h3-10H,11-12H2,1-2H3,(H,22,23)(H,25,26);3-11H,12-13H2,1-2H3,(H,21,22). The highest BCUT2D eigenvalue weighted by atomic mass is 32.2. The van der Waals surface area contributed by atoms with Crippen LogP contribution in [0.2, 0.25) is 0 Å². The largest absolute Gasteiger partial charge is 0.497 e. The summed E-state index contributed by atoms with van der Waals surface area (Å²) in [5, 5.41) is 18.6. The average Bonchev–Trinajstić information content (AvgIpc) is 3.87. The van der Waals surface area contributed by atoms with Crippen molar-refractivity contribution in [2.75, 3.05) is 28.4 Å². The zero-order valence-corrected chi connectivity index (χ0v) is 33.8. The Bertz CT molecular complexity index is 2440. The molecule has 0 saturated heterocycles. The van der Waals surface area contributed by atoms with E-state index in [2.05, 4.69) is 15.3 Å². The fourth-order valence-corrected chi connectivity index (χ4v) is 8.26. The number of carboxylic acid groups (broad SMARTS) is 1. The molecule has 20 heteroatoms. The molecule has 312 valence electrons. The predicted octanol–water partition coefficient (Wildman–Crippen LogP) is 5.61. The molecule has 0 fully saturated rings. The molecule has 0 aliphatic rings. The van der Waals surface area contributed by atoms with Crippen molar-refractivity contribution in [2.24, 2.45) is 0 Å². The highest BCUT2D eigenvalue weighted by Crippen LogP contribution is 2.26. The van der Waals surface area contributed by atoms with E-state index in [-0.39, 0.29) is 26.2 Å². The Morgan fingerprint density at radius 2 is 0.898 bits per heavy atom. The molecule has 0 bridgehead atoms. The zero-order chi connectivity index (χ0) is 42.7. The van der Waals surface area contributed by atoms with Crippen molar-refractivity contribution in [1.82, 2.24) is 29.0 Å². The first-order valence-electron chi connectivity index (χ1n) is 17.4. The van der Waals surface area contributed by atoms with E-state index in [0.29, 0.717) is 34.1 Å². The molecule has 0 unspecified atom stereocenters. The summed E-state index contributed by atoms with van der Waals surface area (Å²) in [5.74, 6) is -1.53. The van der Waals surface area contributed by atoms with Gasteiger partial charge in [-0.3, -0.25) is 10.2 Å². The van der Waals surface area contributed by atoms with Crippen molar-refractivity contribution in [3.05, 3.63) is 143 Å². The maximum absolute atomic E-state index is 14.5. The first-order chi connectivity index (χ1) is 28.2. The van der Waals surface area contributed by atoms with Gasteiger partial charge >= 0.3 is 5.97 Å². The lowest BCUT2D eigenvalue weighted by Crippen LogP contribution is -2.31. The molecule has 2 heterocycles. The zero-order valence-electron chi connectivity index (χ0n) is 32.1. The van der Waals surface area contributed by atoms with Crippen LogP contribution >= 0.6 is 0 Å². The molecule has 0 amide bonds. The number of methoxy groups -OCH3 is 4. The molecular formula is C39H40F2N6O10S2. The fourth-order valence-electron chi connectivity index (χ4n) is 5.51. The number of sulfonamides is 2. The van der Waals surface area contributed by atoms with Crippen molar-refractivity contribution < 1.29 is 54.5 Å². The van der Waals surface area contributed by atoms with Gasteiger partial charge in [-0.2, -0.15) is 18.8 Å². The number of aromatic carboxylic acids is 1. The Balaban J connectivity index is 0.000000225. The van der Waals surface area contributed by atoms with E-state index in [9.17, 15) is 30.4 Å². The summed E-state index contributed by atoms with van der Waals surface area (Å²) in [4.78, 5) is 11.1. The van der Waals surface area contributed by atoms with Crippen molar-refractivity contribution in [2.45, 2.75) is 36.2 Å². The second-order valence-electron chi connectivity index (χ2n) is 12.5. The third-order valence-corrected chi connectivity index (χ3v) is 12.2. The Hall–Kier alpha value is -6.35. The number of ether oxygens (including phenoxy) is 4. The summed E-state index contributed by atoms with van der Waals surface area (Å²) in [5.41, 5.74) is 1.72. The summed E-state index contributed by atoms with van der Waals surface area (Å²) in [6, 6.07) is 27.4. The number of nitrogens with zero attached hydrogens (tertiary/aromatic N) is 4. The third-order valence-electron chi connectivity index (χ3n) is 8.71. The molecule has 0 aliphatic carbocycles. The van der Waals surface area contributed by atoms with E-state index < -0.39 is 53.4 Å². The normalized spacial score (nSPS) is 11.5. The van der Waals surface area contributed by atoms with E-state index >= 15 is 0 Å². The minimum atomic E-state index is -4.46. The molecule has 0 saturated carbocycles. The lowest BCUT2D eigenvalue weighted by molar-refractivity contribution is 0.0685. The monoisotopic (exact) mass is 854 g/mol. The highest BCUT2D eigenvalue weighted by molar-refractivity contribution is 7.89. The topological polar surface area (TPSA) is 206 Å². The molecule has 0 atom stereocenters. The first kappa shape index (κ1) is 43.8. The van der Waals surface area contributed by atoms with E-state index in [1.807, 2.05) is 5.10 Å². The Labute approximate surface area is 339 Å². The molecule has 0 aliphatic heterocycles. The maximum Gasteiger partial charge on any atom is 0.359 e. The van der Waals surface area contributed by atoms with Crippen LogP contribution in [0, 0.1) is 11.6 Å². The molecule has 16 nitrogen and oxygen atoms in total. The molecule has 3 N–H and O–H groups in total. The van der Waals surface area contributed by atoms with Gasteiger partial charge in [0.25, 0.3) is 20.0 Å². The number of halogens is 2. The van der Waals surface area contributed by atoms with Crippen LogP contribution in [0.15, 0.2) is 113 Å². The lowest BCUT2D eigenvalue weighted by atomic mass is 10.2. The quantitative estimate of drug-likeness (QED) is 0.102. The van der Waals surface area contributed by atoms with Crippen LogP contribution in [-0.2, 0) is 46.2 Å². The van der Waals surface area contributed by atoms with Crippen LogP contribution in [0.3, 0.4) is 0 Å². The van der Waals surface area contributed by atoms with Crippen LogP contribution in [0.5, 0.6) is 23.0 Å². The number of hydrogen-bond acceptors (Lipinski definition) is 11. The molecule has 59 heavy (non-hydrogen) atoms. The number of nitrogens with one attached hydrogen (secondary N) is 2. The van der Waals surface area contributed by atoms with Crippen molar-refractivity contribution in [3.8, 4) is 23.0 Å². The second kappa shape index (κ2) is 19.4. The number of aromatic nitrogens is 4. The first-order valence-corrected chi connectivity index (χ1v) is 20.3. The fraction of sp³-hybridized carbons (Fsp3) is 0.205. The Morgan fingerprint density at radius 3 is 1.15 bits per heavy atom. The van der Waals surface area contributed by atoms with Crippen LogP contribution in [0.4, 0.5) is 8.78 Å². The van der Waals surface area contributed by atoms with Crippen molar-refractivity contribution >= 4 is 26.0 Å². The number of benzene rings is 4. The molecule has 0 radical (unpaired) electrons. The van der Waals surface area contributed by atoms with Gasteiger partial charge in [0.2, 0.25) is 15.7 Å². The Morgan fingerprint density at radius 1 is 0.576 bits per heavy atom. The second-order valence-corrected chi connectivity index (χ2v) is 16.3.